The molecule has 27 heavy (non-hydrogen) atoms. The summed E-state index contributed by atoms with van der Waals surface area (Å²) >= 11 is 5.80. The van der Waals surface area contributed by atoms with Gasteiger partial charge in [-0.25, -0.2) is 0 Å². The molecule has 0 unspecified atom stereocenters. The Hall–Kier alpha value is -2.67. The molecule has 2 N–H and O–H groups in total. The highest BCUT2D eigenvalue weighted by molar-refractivity contribution is 6.29. The van der Waals surface area contributed by atoms with Crippen LogP contribution >= 0.6 is 11.6 Å². The summed E-state index contributed by atoms with van der Waals surface area (Å²) in [6.45, 7) is 3.22. The van der Waals surface area contributed by atoms with Crippen molar-refractivity contribution in [2.45, 2.75) is 19.8 Å². The van der Waals surface area contributed by atoms with Crippen LogP contribution in [0, 0.1) is 12.8 Å². The van der Waals surface area contributed by atoms with Gasteiger partial charge in [-0.2, -0.15) is 0 Å². The first-order valence-corrected chi connectivity index (χ1v) is 9.24. The molecule has 3 rings (SSSR count). The molecular weight excluding hydrogens is 366 g/mol. The third-order valence-corrected chi connectivity index (χ3v) is 5.00. The summed E-state index contributed by atoms with van der Waals surface area (Å²) in [7, 11) is 1.59. The lowest BCUT2D eigenvalue weighted by Gasteiger charge is -2.32. The molecule has 1 atom stereocenters. The van der Waals surface area contributed by atoms with Crippen LogP contribution in [-0.4, -0.2) is 42.1 Å². The minimum atomic E-state index is -0.172. The average molecular weight is 388 g/mol. The lowest BCUT2D eigenvalue weighted by Crippen LogP contribution is -2.41. The Kier molecular flexibility index (Phi) is 5.91. The molecule has 8 heteroatoms. The second-order valence-electron chi connectivity index (χ2n) is 6.55. The second kappa shape index (κ2) is 8.35. The molecule has 1 fully saturated rings. The fourth-order valence-electron chi connectivity index (χ4n) is 3.26. The minimum Gasteiger partial charge on any atom is -0.355 e. The molecule has 0 radical (unpaired) electrons. The predicted molar refractivity (Wildman–Crippen MR) is 105 cm³/mol. The maximum atomic E-state index is 12.8. The van der Waals surface area contributed by atoms with Gasteiger partial charge in [0.2, 0.25) is 5.91 Å². The maximum absolute atomic E-state index is 12.8. The molecule has 142 valence electrons. The predicted octanol–water partition coefficient (Wildman–Crippen LogP) is 2.65. The third-order valence-electron chi connectivity index (χ3n) is 4.80. The van der Waals surface area contributed by atoms with Gasteiger partial charge in [-0.15, -0.1) is 10.2 Å². The first-order chi connectivity index (χ1) is 13.0. The minimum absolute atomic E-state index is 0.0567. The van der Waals surface area contributed by atoms with E-state index in [1.807, 2.05) is 24.0 Å². The molecular formula is C19H22ClN5O2. The number of nitrogens with zero attached hydrogens (tertiary/aromatic N) is 3. The smallest absolute Gasteiger partial charge is 0.251 e. The van der Waals surface area contributed by atoms with E-state index in [9.17, 15) is 9.59 Å². The van der Waals surface area contributed by atoms with Crippen molar-refractivity contribution < 1.29 is 9.59 Å². The number of nitrogens with one attached hydrogen (secondary N) is 2. The molecule has 1 aromatic carbocycles. The van der Waals surface area contributed by atoms with Gasteiger partial charge in [0.05, 0.1) is 5.92 Å². The Balaban J connectivity index is 1.71. The van der Waals surface area contributed by atoms with Crippen LogP contribution in [0.2, 0.25) is 5.15 Å². The van der Waals surface area contributed by atoms with Crippen molar-refractivity contribution in [3.8, 4) is 0 Å². The SMILES string of the molecule is CNC(=O)c1cccc(NC(=O)[C@@H]2CCCN(c3ccc(Cl)nn3)C2)c1C. The van der Waals surface area contributed by atoms with Crippen LogP contribution in [0.15, 0.2) is 30.3 Å². The maximum Gasteiger partial charge on any atom is 0.251 e. The standard InChI is InChI=1S/C19H22ClN5O2/c1-12-14(19(27)21-2)6-3-7-15(12)22-18(26)13-5-4-10-25(11-13)17-9-8-16(20)23-24-17/h3,6-9,13H,4-5,10-11H2,1-2H3,(H,21,27)(H,22,26)/t13-/m1/s1. The number of carbonyl (C=O) groups excluding carboxylic acids is 2. The summed E-state index contributed by atoms with van der Waals surface area (Å²) < 4.78 is 0. The summed E-state index contributed by atoms with van der Waals surface area (Å²) in [5, 5.41) is 13.9. The summed E-state index contributed by atoms with van der Waals surface area (Å²) in [6.07, 6.45) is 1.69. The summed E-state index contributed by atoms with van der Waals surface area (Å²) in [5.41, 5.74) is 1.96. The Morgan fingerprint density at radius 3 is 2.74 bits per heavy atom. The van der Waals surface area contributed by atoms with Crippen molar-refractivity contribution in [1.82, 2.24) is 15.5 Å². The number of hydrogen-bond acceptors (Lipinski definition) is 5. The third kappa shape index (κ3) is 4.36. The Labute approximate surface area is 163 Å². The average Bonchev–Trinajstić information content (AvgIpc) is 2.69. The normalized spacial score (nSPS) is 16.7. The first kappa shape index (κ1) is 19.1. The zero-order valence-electron chi connectivity index (χ0n) is 15.3. The van der Waals surface area contributed by atoms with Crippen LogP contribution in [0.3, 0.4) is 0 Å². The van der Waals surface area contributed by atoms with Gasteiger partial charge in [0.15, 0.2) is 11.0 Å². The van der Waals surface area contributed by atoms with E-state index < -0.39 is 0 Å². The van der Waals surface area contributed by atoms with E-state index in [0.717, 1.165) is 30.8 Å². The van der Waals surface area contributed by atoms with Gasteiger partial charge in [0.1, 0.15) is 0 Å². The zero-order valence-corrected chi connectivity index (χ0v) is 16.1. The molecule has 1 aliphatic rings. The molecule has 0 aliphatic carbocycles. The van der Waals surface area contributed by atoms with Gasteiger partial charge in [0, 0.05) is 31.4 Å². The molecule has 7 nitrogen and oxygen atoms in total. The van der Waals surface area contributed by atoms with Crippen molar-refractivity contribution >= 4 is 34.9 Å². The number of amides is 2. The van der Waals surface area contributed by atoms with E-state index in [1.165, 1.54) is 0 Å². The molecule has 1 aliphatic heterocycles. The second-order valence-corrected chi connectivity index (χ2v) is 6.93. The van der Waals surface area contributed by atoms with Crippen molar-refractivity contribution in [3.05, 3.63) is 46.6 Å². The number of hydrogen-bond donors (Lipinski definition) is 2. The quantitative estimate of drug-likeness (QED) is 0.842. The molecule has 2 aromatic rings. The van der Waals surface area contributed by atoms with E-state index in [2.05, 4.69) is 20.8 Å². The number of carbonyl (C=O) groups is 2. The van der Waals surface area contributed by atoms with Crippen molar-refractivity contribution in [3.63, 3.8) is 0 Å². The molecule has 2 amide bonds. The van der Waals surface area contributed by atoms with Crippen molar-refractivity contribution in [2.24, 2.45) is 5.92 Å². The molecule has 2 heterocycles. The summed E-state index contributed by atoms with van der Waals surface area (Å²) in [5.74, 6) is 0.321. The summed E-state index contributed by atoms with van der Waals surface area (Å²) in [4.78, 5) is 26.8. The van der Waals surface area contributed by atoms with Crippen LogP contribution in [0.5, 0.6) is 0 Å². The van der Waals surface area contributed by atoms with E-state index in [4.69, 9.17) is 11.6 Å². The Morgan fingerprint density at radius 1 is 1.22 bits per heavy atom. The number of piperidine rings is 1. The van der Waals surface area contributed by atoms with Gasteiger partial charge in [-0.05, 0) is 49.6 Å². The topological polar surface area (TPSA) is 87.2 Å². The Bertz CT molecular complexity index is 840. The highest BCUT2D eigenvalue weighted by Crippen LogP contribution is 2.25. The molecule has 1 aromatic heterocycles. The van der Waals surface area contributed by atoms with Crippen LogP contribution in [0.25, 0.3) is 0 Å². The van der Waals surface area contributed by atoms with Gasteiger partial charge in [-0.3, -0.25) is 9.59 Å². The number of aromatic nitrogens is 2. The lowest BCUT2D eigenvalue weighted by molar-refractivity contribution is -0.120. The lowest BCUT2D eigenvalue weighted by atomic mass is 9.96. The van der Waals surface area contributed by atoms with Crippen LogP contribution in [0.4, 0.5) is 11.5 Å². The molecule has 0 bridgehead atoms. The highest BCUT2D eigenvalue weighted by Gasteiger charge is 2.27. The molecule has 1 saturated heterocycles. The van der Waals surface area contributed by atoms with Crippen LogP contribution in [0.1, 0.15) is 28.8 Å². The van der Waals surface area contributed by atoms with Crippen LogP contribution in [-0.2, 0) is 4.79 Å². The van der Waals surface area contributed by atoms with Gasteiger partial charge >= 0.3 is 0 Å². The summed E-state index contributed by atoms with van der Waals surface area (Å²) in [6, 6.07) is 8.83. The van der Waals surface area contributed by atoms with E-state index >= 15 is 0 Å². The fourth-order valence-corrected chi connectivity index (χ4v) is 3.36. The van der Waals surface area contributed by atoms with Crippen LogP contribution < -0.4 is 15.5 Å². The largest absolute Gasteiger partial charge is 0.355 e. The van der Waals surface area contributed by atoms with E-state index in [1.54, 1.807) is 25.2 Å². The monoisotopic (exact) mass is 387 g/mol. The van der Waals surface area contributed by atoms with Gasteiger partial charge in [0.25, 0.3) is 5.91 Å². The number of rotatable bonds is 4. The van der Waals surface area contributed by atoms with Crippen molar-refractivity contribution in [1.29, 1.82) is 0 Å². The van der Waals surface area contributed by atoms with Crippen molar-refractivity contribution in [2.75, 3.05) is 30.4 Å². The fraction of sp³-hybridized carbons (Fsp3) is 0.368. The van der Waals surface area contributed by atoms with Gasteiger partial charge in [-0.1, -0.05) is 17.7 Å². The number of anilines is 2. The van der Waals surface area contributed by atoms with Gasteiger partial charge < -0.3 is 15.5 Å². The number of benzene rings is 1. The Morgan fingerprint density at radius 2 is 2.04 bits per heavy atom. The highest BCUT2D eigenvalue weighted by atomic mass is 35.5. The number of halogens is 1. The molecule has 0 spiro atoms. The van der Waals surface area contributed by atoms with E-state index in [0.29, 0.717) is 22.9 Å². The van der Waals surface area contributed by atoms with E-state index in [-0.39, 0.29) is 17.7 Å². The molecule has 0 saturated carbocycles. The first-order valence-electron chi connectivity index (χ1n) is 8.86. The zero-order chi connectivity index (χ0) is 19.4.